The summed E-state index contributed by atoms with van der Waals surface area (Å²) in [6.07, 6.45) is -5.15. The summed E-state index contributed by atoms with van der Waals surface area (Å²) in [5.41, 5.74) is 3.32. The second-order valence-corrected chi connectivity index (χ2v) is 6.00. The first-order valence-corrected chi connectivity index (χ1v) is 8.18. The molecule has 1 fully saturated rings. The molecule has 2 heterocycles. The minimum absolute atomic E-state index is 0.336. The van der Waals surface area contributed by atoms with Crippen molar-refractivity contribution in [2.75, 3.05) is 6.61 Å². The van der Waals surface area contributed by atoms with E-state index in [1.807, 2.05) is 0 Å². The molecule has 0 spiro atoms. The van der Waals surface area contributed by atoms with Crippen LogP contribution in [-0.2, 0) is 33.3 Å². The van der Waals surface area contributed by atoms with Crippen LogP contribution in [0, 0.1) is 10.1 Å². The van der Waals surface area contributed by atoms with Crippen molar-refractivity contribution in [3.63, 3.8) is 0 Å². The predicted octanol–water partition coefficient (Wildman–Crippen LogP) is -0.717. The number of nitrogens with zero attached hydrogens (tertiary/aromatic N) is 2. The minimum atomic E-state index is -1.40. The van der Waals surface area contributed by atoms with Gasteiger partial charge in [0.25, 0.3) is 5.91 Å². The van der Waals surface area contributed by atoms with Crippen molar-refractivity contribution in [2.45, 2.75) is 45.2 Å². The number of nitro groups is 1. The quantitative estimate of drug-likeness (QED) is 0.246. The van der Waals surface area contributed by atoms with Crippen molar-refractivity contribution in [1.29, 1.82) is 0 Å². The van der Waals surface area contributed by atoms with E-state index in [0.717, 1.165) is 20.8 Å². The topological polar surface area (TPSA) is 203 Å². The van der Waals surface area contributed by atoms with Gasteiger partial charge in [0, 0.05) is 20.8 Å². The average Bonchev–Trinajstić information content (AvgIpc) is 3.15. The molecule has 29 heavy (non-hydrogen) atoms. The number of carbonyl (C=O) groups is 4. The minimum Gasteiger partial charge on any atom is -0.463 e. The number of rotatable bonds is 7. The molecular formula is C15H18N4O10. The number of esters is 3. The molecule has 0 aromatic carbocycles. The highest BCUT2D eigenvalue weighted by atomic mass is 16.7. The number of hydrogen-bond acceptors (Lipinski definition) is 11. The largest absolute Gasteiger partial charge is 0.463 e. The van der Waals surface area contributed by atoms with Gasteiger partial charge in [-0.3, -0.25) is 34.4 Å². The fourth-order valence-electron chi connectivity index (χ4n) is 2.85. The van der Waals surface area contributed by atoms with E-state index < -0.39 is 71.1 Å². The van der Waals surface area contributed by atoms with Gasteiger partial charge in [-0.25, -0.2) is 0 Å². The van der Waals surface area contributed by atoms with E-state index in [2.05, 4.69) is 10.2 Å². The molecule has 1 aromatic heterocycles. The van der Waals surface area contributed by atoms with Crippen molar-refractivity contribution in [2.24, 2.45) is 5.73 Å². The fourth-order valence-corrected chi connectivity index (χ4v) is 2.85. The van der Waals surface area contributed by atoms with Gasteiger partial charge in [-0.15, -0.1) is 0 Å². The van der Waals surface area contributed by atoms with E-state index in [1.165, 1.54) is 0 Å². The molecule has 1 aliphatic rings. The number of aromatic nitrogens is 2. The number of aromatic amines is 1. The molecular weight excluding hydrogens is 396 g/mol. The summed E-state index contributed by atoms with van der Waals surface area (Å²) in [6, 6.07) is 0. The third-order valence-electron chi connectivity index (χ3n) is 3.83. The van der Waals surface area contributed by atoms with Gasteiger partial charge in [0.15, 0.2) is 12.2 Å². The molecule has 3 N–H and O–H groups in total. The second-order valence-electron chi connectivity index (χ2n) is 6.00. The molecule has 1 saturated heterocycles. The SMILES string of the molecule is CC(=O)OC[C@H]1O[C@@H](c2[nH]nc(C(N)=O)c2[N+](=O)[O-])[C@H](OC(C)=O)[C@@H]1OC(C)=O. The number of carbonyl (C=O) groups excluding carboxylic acids is 4. The normalized spacial score (nSPS) is 23.3. The number of ether oxygens (including phenoxy) is 4. The Morgan fingerprint density at radius 2 is 1.72 bits per heavy atom. The number of hydrogen-bond donors (Lipinski definition) is 2. The summed E-state index contributed by atoms with van der Waals surface area (Å²) in [7, 11) is 0. The van der Waals surface area contributed by atoms with E-state index in [-0.39, 0.29) is 5.69 Å². The Bertz CT molecular complexity index is 850. The summed E-state index contributed by atoms with van der Waals surface area (Å²) in [5.74, 6) is -3.40. The summed E-state index contributed by atoms with van der Waals surface area (Å²) in [6.45, 7) is 2.89. The number of nitrogens with two attached hydrogens (primary N) is 1. The first-order chi connectivity index (χ1) is 13.5. The second kappa shape index (κ2) is 8.64. The predicted molar refractivity (Wildman–Crippen MR) is 89.1 cm³/mol. The number of amides is 1. The molecule has 0 aliphatic carbocycles. The van der Waals surface area contributed by atoms with Gasteiger partial charge in [0.1, 0.15) is 24.5 Å². The van der Waals surface area contributed by atoms with E-state index in [4.69, 9.17) is 24.7 Å². The number of nitrogens with one attached hydrogen (secondary N) is 1. The highest BCUT2D eigenvalue weighted by molar-refractivity contribution is 5.95. The van der Waals surface area contributed by atoms with Gasteiger partial charge >= 0.3 is 23.6 Å². The Labute approximate surface area is 162 Å². The Hall–Kier alpha value is -3.55. The van der Waals surface area contributed by atoms with Crippen LogP contribution in [0.3, 0.4) is 0 Å². The van der Waals surface area contributed by atoms with Crippen LogP contribution >= 0.6 is 0 Å². The molecule has 1 aromatic rings. The van der Waals surface area contributed by atoms with Gasteiger partial charge < -0.3 is 24.7 Å². The molecule has 0 radical (unpaired) electrons. The fraction of sp³-hybridized carbons (Fsp3) is 0.533. The summed E-state index contributed by atoms with van der Waals surface area (Å²) in [4.78, 5) is 56.2. The molecule has 1 aliphatic heterocycles. The lowest BCUT2D eigenvalue weighted by molar-refractivity contribution is -0.386. The van der Waals surface area contributed by atoms with Crippen molar-refractivity contribution in [3.05, 3.63) is 21.5 Å². The Morgan fingerprint density at radius 1 is 1.14 bits per heavy atom. The smallest absolute Gasteiger partial charge is 0.325 e. The Balaban J connectivity index is 2.51. The van der Waals surface area contributed by atoms with Crippen LogP contribution < -0.4 is 5.73 Å². The van der Waals surface area contributed by atoms with E-state index >= 15 is 0 Å². The molecule has 1 amide bonds. The van der Waals surface area contributed by atoms with Crippen molar-refractivity contribution in [3.8, 4) is 0 Å². The summed E-state index contributed by atoms with van der Waals surface area (Å²) >= 11 is 0. The van der Waals surface area contributed by atoms with Gasteiger partial charge in [-0.2, -0.15) is 5.10 Å². The van der Waals surface area contributed by atoms with Gasteiger partial charge in [-0.05, 0) is 0 Å². The van der Waals surface area contributed by atoms with Crippen LogP contribution in [0.1, 0.15) is 43.1 Å². The highest BCUT2D eigenvalue weighted by Gasteiger charge is 2.53. The van der Waals surface area contributed by atoms with Gasteiger partial charge in [-0.1, -0.05) is 0 Å². The van der Waals surface area contributed by atoms with Crippen LogP contribution in [0.25, 0.3) is 0 Å². The Kier molecular flexibility index (Phi) is 6.48. The van der Waals surface area contributed by atoms with Crippen molar-refractivity contribution < 1.29 is 43.0 Å². The molecule has 14 nitrogen and oxygen atoms in total. The third-order valence-corrected chi connectivity index (χ3v) is 3.83. The van der Waals surface area contributed by atoms with Gasteiger partial charge in [0.05, 0.1) is 4.92 Å². The maximum Gasteiger partial charge on any atom is 0.325 e. The van der Waals surface area contributed by atoms with Crippen LogP contribution in [0.2, 0.25) is 0 Å². The number of primary amides is 1. The first kappa shape index (κ1) is 21.7. The molecule has 4 atom stereocenters. The third kappa shape index (κ3) is 4.84. The molecule has 14 heteroatoms. The lowest BCUT2D eigenvalue weighted by Crippen LogP contribution is -2.40. The molecule has 158 valence electrons. The summed E-state index contributed by atoms with van der Waals surface area (Å²) < 4.78 is 20.8. The summed E-state index contributed by atoms with van der Waals surface area (Å²) in [5, 5.41) is 17.3. The van der Waals surface area contributed by atoms with E-state index in [0.29, 0.717) is 0 Å². The average molecular weight is 414 g/mol. The van der Waals surface area contributed by atoms with E-state index in [1.54, 1.807) is 0 Å². The molecule has 0 saturated carbocycles. The lowest BCUT2D eigenvalue weighted by Gasteiger charge is -2.22. The monoisotopic (exact) mass is 414 g/mol. The zero-order valence-corrected chi connectivity index (χ0v) is 15.6. The standard InChI is InChI=1S/C15H18N4O10/c1-5(20)26-4-8-12(27-6(2)21)14(28-7(3)22)13(29-8)9-11(19(24)25)10(15(16)23)18-17-9/h8,12-14H,4H2,1-3H3,(H2,16,23)(H,17,18)/t8-,12-,13+,14-/m1/s1. The van der Waals surface area contributed by atoms with Crippen LogP contribution in [0.15, 0.2) is 0 Å². The van der Waals surface area contributed by atoms with Crippen LogP contribution in [0.5, 0.6) is 0 Å². The zero-order chi connectivity index (χ0) is 21.9. The highest BCUT2D eigenvalue weighted by Crippen LogP contribution is 2.41. The molecule has 0 bridgehead atoms. The maximum absolute atomic E-state index is 11.6. The zero-order valence-electron chi connectivity index (χ0n) is 15.6. The molecule has 2 rings (SSSR count). The maximum atomic E-state index is 11.6. The van der Waals surface area contributed by atoms with Crippen LogP contribution in [-0.4, -0.2) is 63.9 Å². The van der Waals surface area contributed by atoms with Crippen LogP contribution in [0.4, 0.5) is 5.69 Å². The lowest BCUT2D eigenvalue weighted by atomic mass is 10.0. The first-order valence-electron chi connectivity index (χ1n) is 8.18. The molecule has 0 unspecified atom stereocenters. The van der Waals surface area contributed by atoms with E-state index in [9.17, 15) is 29.3 Å². The Morgan fingerprint density at radius 3 is 2.21 bits per heavy atom. The number of H-pyrrole nitrogens is 1. The van der Waals surface area contributed by atoms with Gasteiger partial charge in [0.2, 0.25) is 5.69 Å². The van der Waals surface area contributed by atoms with Crippen molar-refractivity contribution >= 4 is 29.5 Å². The van der Waals surface area contributed by atoms with Crippen molar-refractivity contribution in [1.82, 2.24) is 10.2 Å².